The molecule has 1 aromatic heterocycles. The van der Waals surface area contributed by atoms with E-state index in [1.165, 1.54) is 11.1 Å². The van der Waals surface area contributed by atoms with Gasteiger partial charge in [0.2, 0.25) is 0 Å². The number of aromatic nitrogens is 2. The zero-order valence-electron chi connectivity index (χ0n) is 15.5. The number of aliphatic hydroxyl groups is 2. The molecule has 1 aromatic carbocycles. The summed E-state index contributed by atoms with van der Waals surface area (Å²) < 4.78 is 1.87. The predicted molar refractivity (Wildman–Crippen MR) is 100 cm³/mol. The molecule has 2 fully saturated rings. The van der Waals surface area contributed by atoms with E-state index >= 15 is 0 Å². The fourth-order valence-corrected chi connectivity index (χ4v) is 5.06. The summed E-state index contributed by atoms with van der Waals surface area (Å²) in [6.07, 6.45) is 4.31. The second-order valence-corrected chi connectivity index (χ2v) is 7.89. The Morgan fingerprint density at radius 3 is 2.81 bits per heavy atom. The first-order chi connectivity index (χ1) is 12.6. The van der Waals surface area contributed by atoms with Crippen LogP contribution in [0.1, 0.15) is 23.6 Å². The van der Waals surface area contributed by atoms with E-state index in [0.717, 1.165) is 18.8 Å². The highest BCUT2D eigenvalue weighted by Gasteiger charge is 2.55. The van der Waals surface area contributed by atoms with E-state index in [0.29, 0.717) is 18.3 Å². The minimum absolute atomic E-state index is 0.0590. The van der Waals surface area contributed by atoms with Crippen LogP contribution in [0.15, 0.2) is 36.7 Å². The molecule has 26 heavy (non-hydrogen) atoms. The SMILES string of the molecule is Cc1cc(-n2cccn2)ccc1[C@H]1N[C@](CO)(CCO)[C@H]2CN(C)C[C@@H]12. The molecule has 0 unspecified atom stereocenters. The maximum absolute atomic E-state index is 10.2. The number of nitrogens with one attached hydrogen (secondary N) is 1. The van der Waals surface area contributed by atoms with E-state index in [-0.39, 0.29) is 19.3 Å². The number of nitrogens with zero attached hydrogens (tertiary/aromatic N) is 3. The largest absolute Gasteiger partial charge is 0.396 e. The van der Waals surface area contributed by atoms with Crippen molar-refractivity contribution in [2.45, 2.75) is 24.9 Å². The zero-order chi connectivity index (χ0) is 18.3. The van der Waals surface area contributed by atoms with Gasteiger partial charge in [0.15, 0.2) is 0 Å². The van der Waals surface area contributed by atoms with Gasteiger partial charge in [-0.05, 0) is 61.6 Å². The Morgan fingerprint density at radius 2 is 2.15 bits per heavy atom. The standard InChI is InChI=1S/C20H28N4O2/c1-14-10-15(24-8-3-7-21-24)4-5-16(14)19-17-11-23(2)12-18(17)20(13-26,22-19)6-9-25/h3-5,7-8,10,17-19,22,25-26H,6,9,11-13H2,1-2H3/t17-,18+,19-,20+/m1/s1. The summed E-state index contributed by atoms with van der Waals surface area (Å²) in [7, 11) is 2.14. The van der Waals surface area contributed by atoms with Gasteiger partial charge in [0.1, 0.15) is 0 Å². The van der Waals surface area contributed by atoms with Gasteiger partial charge in [0.05, 0.1) is 12.3 Å². The topological polar surface area (TPSA) is 73.5 Å². The highest BCUT2D eigenvalue weighted by atomic mass is 16.3. The number of aliphatic hydroxyl groups excluding tert-OH is 2. The molecule has 0 radical (unpaired) electrons. The lowest BCUT2D eigenvalue weighted by molar-refractivity contribution is 0.0993. The van der Waals surface area contributed by atoms with E-state index in [2.05, 4.69) is 47.5 Å². The van der Waals surface area contributed by atoms with Gasteiger partial charge in [-0.25, -0.2) is 4.68 Å². The Kier molecular flexibility index (Phi) is 4.61. The molecule has 0 bridgehead atoms. The van der Waals surface area contributed by atoms with Crippen LogP contribution in [-0.2, 0) is 0 Å². The zero-order valence-corrected chi connectivity index (χ0v) is 15.5. The molecule has 0 aliphatic carbocycles. The van der Waals surface area contributed by atoms with Gasteiger partial charge < -0.3 is 20.4 Å². The van der Waals surface area contributed by atoms with Gasteiger partial charge in [-0.2, -0.15) is 5.10 Å². The summed E-state index contributed by atoms with van der Waals surface area (Å²) >= 11 is 0. The number of hydrogen-bond donors (Lipinski definition) is 3. The molecule has 2 aliphatic heterocycles. The van der Waals surface area contributed by atoms with E-state index < -0.39 is 5.54 Å². The number of benzene rings is 1. The van der Waals surface area contributed by atoms with Crippen LogP contribution in [0, 0.1) is 18.8 Å². The van der Waals surface area contributed by atoms with Crippen molar-refractivity contribution < 1.29 is 10.2 Å². The van der Waals surface area contributed by atoms with Gasteiger partial charge in [-0.1, -0.05) is 6.07 Å². The van der Waals surface area contributed by atoms with Gasteiger partial charge in [0, 0.05) is 43.7 Å². The van der Waals surface area contributed by atoms with Gasteiger partial charge in [-0.3, -0.25) is 0 Å². The van der Waals surface area contributed by atoms with Crippen LogP contribution >= 0.6 is 0 Å². The van der Waals surface area contributed by atoms with Crippen molar-refractivity contribution in [2.75, 3.05) is 33.4 Å². The normalized spacial score (nSPS) is 31.5. The van der Waals surface area contributed by atoms with E-state index in [1.54, 1.807) is 6.20 Å². The van der Waals surface area contributed by atoms with Crippen molar-refractivity contribution in [3.05, 3.63) is 47.8 Å². The van der Waals surface area contributed by atoms with Crippen molar-refractivity contribution in [1.82, 2.24) is 20.0 Å². The Morgan fingerprint density at radius 1 is 1.31 bits per heavy atom. The number of hydrogen-bond acceptors (Lipinski definition) is 5. The van der Waals surface area contributed by atoms with Crippen LogP contribution in [0.5, 0.6) is 0 Å². The molecular weight excluding hydrogens is 328 g/mol. The van der Waals surface area contributed by atoms with Gasteiger partial charge >= 0.3 is 0 Å². The van der Waals surface area contributed by atoms with Crippen LogP contribution in [0.25, 0.3) is 5.69 Å². The first-order valence-electron chi connectivity index (χ1n) is 9.36. The molecular formula is C20H28N4O2. The first kappa shape index (κ1) is 17.7. The third-order valence-corrected chi connectivity index (χ3v) is 6.33. The Hall–Kier alpha value is -1.73. The fourth-order valence-electron chi connectivity index (χ4n) is 5.06. The average molecular weight is 356 g/mol. The molecule has 4 rings (SSSR count). The van der Waals surface area contributed by atoms with E-state index in [4.69, 9.17) is 0 Å². The Balaban J connectivity index is 1.69. The lowest BCUT2D eigenvalue weighted by atomic mass is 9.78. The van der Waals surface area contributed by atoms with Crippen molar-refractivity contribution in [3.63, 3.8) is 0 Å². The first-order valence-corrected chi connectivity index (χ1v) is 9.36. The Labute approximate surface area is 154 Å². The summed E-state index contributed by atoms with van der Waals surface area (Å²) in [5.41, 5.74) is 3.15. The summed E-state index contributed by atoms with van der Waals surface area (Å²) in [5.74, 6) is 0.785. The molecule has 4 atom stereocenters. The molecule has 2 aliphatic rings. The van der Waals surface area contributed by atoms with Crippen LogP contribution < -0.4 is 5.32 Å². The highest BCUT2D eigenvalue weighted by Crippen LogP contribution is 2.48. The summed E-state index contributed by atoms with van der Waals surface area (Å²) in [5, 5.41) is 27.8. The average Bonchev–Trinajstić information content (AvgIpc) is 3.33. The molecule has 0 saturated carbocycles. The molecule has 3 N–H and O–H groups in total. The second-order valence-electron chi connectivity index (χ2n) is 7.89. The van der Waals surface area contributed by atoms with Crippen molar-refractivity contribution >= 4 is 0 Å². The molecule has 140 valence electrons. The third kappa shape index (κ3) is 2.77. The van der Waals surface area contributed by atoms with Crippen LogP contribution in [0.4, 0.5) is 0 Å². The molecule has 0 amide bonds. The number of rotatable bonds is 5. The van der Waals surface area contributed by atoms with Gasteiger partial charge in [0.25, 0.3) is 0 Å². The smallest absolute Gasteiger partial charge is 0.0648 e. The van der Waals surface area contributed by atoms with Crippen molar-refractivity contribution in [3.8, 4) is 5.69 Å². The lowest BCUT2D eigenvalue weighted by Gasteiger charge is -2.34. The lowest BCUT2D eigenvalue weighted by Crippen LogP contribution is -2.51. The second kappa shape index (κ2) is 6.78. The third-order valence-electron chi connectivity index (χ3n) is 6.33. The molecule has 2 aromatic rings. The predicted octanol–water partition coefficient (Wildman–Crippen LogP) is 1.12. The summed E-state index contributed by atoms with van der Waals surface area (Å²) in [4.78, 5) is 2.35. The molecule has 6 nitrogen and oxygen atoms in total. The molecule has 2 saturated heterocycles. The maximum Gasteiger partial charge on any atom is 0.0648 e. The summed E-state index contributed by atoms with van der Waals surface area (Å²) in [6.45, 7) is 4.26. The number of fused-ring (bicyclic) bond motifs is 1. The summed E-state index contributed by atoms with van der Waals surface area (Å²) in [6, 6.07) is 8.57. The maximum atomic E-state index is 10.2. The van der Waals surface area contributed by atoms with E-state index in [1.807, 2.05) is 16.9 Å². The monoisotopic (exact) mass is 356 g/mol. The van der Waals surface area contributed by atoms with Crippen LogP contribution in [0.3, 0.4) is 0 Å². The van der Waals surface area contributed by atoms with Gasteiger partial charge in [-0.15, -0.1) is 0 Å². The van der Waals surface area contributed by atoms with E-state index in [9.17, 15) is 10.2 Å². The number of likely N-dealkylation sites (tertiary alicyclic amines) is 1. The fraction of sp³-hybridized carbons (Fsp3) is 0.550. The van der Waals surface area contributed by atoms with Crippen molar-refractivity contribution in [2.24, 2.45) is 11.8 Å². The van der Waals surface area contributed by atoms with Crippen LogP contribution in [-0.4, -0.2) is 63.8 Å². The van der Waals surface area contributed by atoms with Crippen molar-refractivity contribution in [1.29, 1.82) is 0 Å². The Bertz CT molecular complexity index is 763. The minimum Gasteiger partial charge on any atom is -0.396 e. The molecule has 6 heteroatoms. The highest BCUT2D eigenvalue weighted by molar-refractivity contribution is 5.42. The number of aryl methyl sites for hydroxylation is 1. The minimum atomic E-state index is -0.401. The molecule has 3 heterocycles. The van der Waals surface area contributed by atoms with Crippen LogP contribution in [0.2, 0.25) is 0 Å². The quantitative estimate of drug-likeness (QED) is 0.749. The molecule has 0 spiro atoms.